The molecule has 2 rings (SSSR count). The summed E-state index contributed by atoms with van der Waals surface area (Å²) in [5.74, 6) is 2.04. The maximum Gasteiger partial charge on any atom is 0.00979 e. The van der Waals surface area contributed by atoms with Crippen LogP contribution in [0.25, 0.3) is 0 Å². The first-order valence-corrected chi connectivity index (χ1v) is 6.65. The molecule has 2 fully saturated rings. The fraction of sp³-hybridized carbons (Fsp3) is 1.00. The SMILES string of the molecule is CCC1CCCCC1C1CCCCN1. The zero-order valence-corrected chi connectivity index (χ0v) is 9.60. The second kappa shape index (κ2) is 5.16. The van der Waals surface area contributed by atoms with Crippen LogP contribution in [0.1, 0.15) is 58.3 Å². The molecule has 0 aromatic heterocycles. The van der Waals surface area contributed by atoms with Crippen LogP contribution in [-0.2, 0) is 0 Å². The Balaban J connectivity index is 1.91. The molecule has 3 unspecified atom stereocenters. The van der Waals surface area contributed by atoms with Crippen LogP contribution < -0.4 is 5.32 Å². The van der Waals surface area contributed by atoms with Gasteiger partial charge in [-0.2, -0.15) is 0 Å². The second-order valence-corrected chi connectivity index (χ2v) is 5.17. The highest BCUT2D eigenvalue weighted by Crippen LogP contribution is 2.36. The van der Waals surface area contributed by atoms with Crippen LogP contribution in [0.15, 0.2) is 0 Å². The van der Waals surface area contributed by atoms with Gasteiger partial charge in [-0.1, -0.05) is 39.0 Å². The van der Waals surface area contributed by atoms with Gasteiger partial charge in [0.25, 0.3) is 0 Å². The topological polar surface area (TPSA) is 12.0 Å². The fourth-order valence-corrected chi connectivity index (χ4v) is 3.52. The molecule has 1 saturated carbocycles. The van der Waals surface area contributed by atoms with E-state index in [0.29, 0.717) is 0 Å². The standard InChI is InChI=1S/C13H25N/c1-2-11-7-3-4-8-12(11)13-9-5-6-10-14-13/h11-14H,2-10H2,1H3. The molecule has 1 aliphatic heterocycles. The van der Waals surface area contributed by atoms with Crippen molar-refractivity contribution in [2.75, 3.05) is 6.54 Å². The Morgan fingerprint density at radius 3 is 2.50 bits per heavy atom. The lowest BCUT2D eigenvalue weighted by atomic mass is 9.72. The van der Waals surface area contributed by atoms with Gasteiger partial charge in [0.2, 0.25) is 0 Å². The van der Waals surface area contributed by atoms with Crippen molar-refractivity contribution in [1.82, 2.24) is 5.32 Å². The summed E-state index contributed by atoms with van der Waals surface area (Å²) in [5, 5.41) is 3.75. The third kappa shape index (κ3) is 2.31. The Kier molecular flexibility index (Phi) is 3.86. The first-order valence-electron chi connectivity index (χ1n) is 6.65. The highest BCUT2D eigenvalue weighted by molar-refractivity contribution is 4.86. The molecule has 82 valence electrons. The normalized spacial score (nSPS) is 39.6. The molecule has 1 heterocycles. The van der Waals surface area contributed by atoms with Crippen molar-refractivity contribution in [3.05, 3.63) is 0 Å². The minimum atomic E-state index is 0.869. The quantitative estimate of drug-likeness (QED) is 0.712. The molecule has 14 heavy (non-hydrogen) atoms. The summed E-state index contributed by atoms with van der Waals surface area (Å²) < 4.78 is 0. The van der Waals surface area contributed by atoms with Crippen LogP contribution in [0.5, 0.6) is 0 Å². The lowest BCUT2D eigenvalue weighted by molar-refractivity contribution is 0.156. The molecular weight excluding hydrogens is 170 g/mol. The Labute approximate surface area is 88.7 Å². The Morgan fingerprint density at radius 2 is 1.79 bits per heavy atom. The summed E-state index contributed by atoms with van der Waals surface area (Å²) in [7, 11) is 0. The van der Waals surface area contributed by atoms with Gasteiger partial charge in [0.05, 0.1) is 0 Å². The summed E-state index contributed by atoms with van der Waals surface area (Å²) in [6, 6.07) is 0.869. The van der Waals surface area contributed by atoms with Gasteiger partial charge in [-0.3, -0.25) is 0 Å². The number of hydrogen-bond donors (Lipinski definition) is 1. The van der Waals surface area contributed by atoms with Crippen molar-refractivity contribution in [2.45, 2.75) is 64.3 Å². The van der Waals surface area contributed by atoms with Gasteiger partial charge in [0, 0.05) is 6.04 Å². The van der Waals surface area contributed by atoms with Crippen LogP contribution in [0, 0.1) is 11.8 Å². The van der Waals surface area contributed by atoms with Crippen molar-refractivity contribution >= 4 is 0 Å². The Hall–Kier alpha value is -0.0400. The van der Waals surface area contributed by atoms with Gasteiger partial charge in [-0.15, -0.1) is 0 Å². The minimum absolute atomic E-state index is 0.869. The van der Waals surface area contributed by atoms with Gasteiger partial charge in [-0.05, 0) is 37.6 Å². The van der Waals surface area contributed by atoms with E-state index in [-0.39, 0.29) is 0 Å². The molecule has 1 aliphatic carbocycles. The summed E-state index contributed by atoms with van der Waals surface area (Å²) >= 11 is 0. The van der Waals surface area contributed by atoms with E-state index in [1.54, 1.807) is 0 Å². The van der Waals surface area contributed by atoms with E-state index in [1.165, 1.54) is 57.9 Å². The van der Waals surface area contributed by atoms with E-state index in [4.69, 9.17) is 0 Å². The van der Waals surface area contributed by atoms with Crippen molar-refractivity contribution in [1.29, 1.82) is 0 Å². The van der Waals surface area contributed by atoms with Crippen LogP contribution in [0.2, 0.25) is 0 Å². The molecule has 2 aliphatic rings. The molecule has 0 amide bonds. The van der Waals surface area contributed by atoms with Crippen molar-refractivity contribution in [3.63, 3.8) is 0 Å². The van der Waals surface area contributed by atoms with Gasteiger partial charge < -0.3 is 5.32 Å². The molecule has 0 aromatic rings. The van der Waals surface area contributed by atoms with Gasteiger partial charge in [-0.25, -0.2) is 0 Å². The summed E-state index contributed by atoms with van der Waals surface area (Å²) in [5.41, 5.74) is 0. The molecule has 0 radical (unpaired) electrons. The van der Waals surface area contributed by atoms with Gasteiger partial charge in [0.15, 0.2) is 0 Å². The number of rotatable bonds is 2. The molecule has 0 aromatic carbocycles. The molecule has 1 saturated heterocycles. The lowest BCUT2D eigenvalue weighted by Gasteiger charge is -2.39. The summed E-state index contributed by atoms with van der Waals surface area (Å²) in [6.07, 6.45) is 11.7. The van der Waals surface area contributed by atoms with Gasteiger partial charge >= 0.3 is 0 Å². The van der Waals surface area contributed by atoms with Crippen LogP contribution in [0.3, 0.4) is 0 Å². The van der Waals surface area contributed by atoms with Gasteiger partial charge in [0.1, 0.15) is 0 Å². The average Bonchev–Trinajstić information content (AvgIpc) is 2.30. The highest BCUT2D eigenvalue weighted by atomic mass is 14.9. The molecular formula is C13H25N. The second-order valence-electron chi connectivity index (χ2n) is 5.17. The van der Waals surface area contributed by atoms with Crippen molar-refractivity contribution in [2.24, 2.45) is 11.8 Å². The van der Waals surface area contributed by atoms with E-state index in [1.807, 2.05) is 0 Å². The zero-order chi connectivity index (χ0) is 9.80. The molecule has 1 nitrogen and oxygen atoms in total. The summed E-state index contributed by atoms with van der Waals surface area (Å²) in [6.45, 7) is 3.66. The maximum absolute atomic E-state index is 3.75. The number of nitrogens with one attached hydrogen (secondary N) is 1. The Morgan fingerprint density at radius 1 is 1.00 bits per heavy atom. The van der Waals surface area contributed by atoms with Crippen LogP contribution in [0.4, 0.5) is 0 Å². The Bertz CT molecular complexity index is 161. The first kappa shape index (κ1) is 10.5. The summed E-state index contributed by atoms with van der Waals surface area (Å²) in [4.78, 5) is 0. The monoisotopic (exact) mass is 195 g/mol. The number of hydrogen-bond acceptors (Lipinski definition) is 1. The molecule has 1 N–H and O–H groups in total. The van der Waals surface area contributed by atoms with E-state index in [0.717, 1.165) is 17.9 Å². The van der Waals surface area contributed by atoms with E-state index < -0.39 is 0 Å². The van der Waals surface area contributed by atoms with Crippen molar-refractivity contribution in [3.8, 4) is 0 Å². The molecule has 0 spiro atoms. The average molecular weight is 195 g/mol. The fourth-order valence-electron chi connectivity index (χ4n) is 3.52. The molecule has 1 heteroatoms. The predicted molar refractivity (Wildman–Crippen MR) is 61.4 cm³/mol. The predicted octanol–water partition coefficient (Wildman–Crippen LogP) is 3.34. The zero-order valence-electron chi connectivity index (χ0n) is 9.60. The van der Waals surface area contributed by atoms with Crippen LogP contribution >= 0.6 is 0 Å². The molecule has 3 atom stereocenters. The number of piperidine rings is 1. The third-order valence-electron chi connectivity index (χ3n) is 4.36. The smallest absolute Gasteiger partial charge is 0.00979 e. The van der Waals surface area contributed by atoms with E-state index >= 15 is 0 Å². The van der Waals surface area contributed by atoms with Crippen LogP contribution in [-0.4, -0.2) is 12.6 Å². The largest absolute Gasteiger partial charge is 0.314 e. The lowest BCUT2D eigenvalue weighted by Crippen LogP contribution is -2.43. The molecule has 0 bridgehead atoms. The third-order valence-corrected chi connectivity index (χ3v) is 4.36. The maximum atomic E-state index is 3.75. The first-order chi connectivity index (χ1) is 6.92. The highest BCUT2D eigenvalue weighted by Gasteiger charge is 2.30. The van der Waals surface area contributed by atoms with E-state index in [2.05, 4.69) is 12.2 Å². The van der Waals surface area contributed by atoms with E-state index in [9.17, 15) is 0 Å². The minimum Gasteiger partial charge on any atom is -0.314 e. The van der Waals surface area contributed by atoms with Crippen molar-refractivity contribution < 1.29 is 0 Å².